The van der Waals surface area contributed by atoms with E-state index in [2.05, 4.69) is 62.3 Å². The van der Waals surface area contributed by atoms with Crippen LogP contribution in [0.15, 0.2) is 24.3 Å². The second-order valence-electron chi connectivity index (χ2n) is 7.08. The predicted octanol–water partition coefficient (Wildman–Crippen LogP) is 3.67. The largest absolute Gasteiger partial charge is 0.313 e. The maximum absolute atomic E-state index is 3.76. The van der Waals surface area contributed by atoms with E-state index in [4.69, 9.17) is 0 Å². The van der Waals surface area contributed by atoms with Crippen LogP contribution >= 0.6 is 0 Å². The summed E-state index contributed by atoms with van der Waals surface area (Å²) in [5, 5.41) is 3.76. The molecule has 1 saturated heterocycles. The third-order valence-electron chi connectivity index (χ3n) is 4.65. The van der Waals surface area contributed by atoms with Crippen LogP contribution in [0.3, 0.4) is 0 Å². The van der Waals surface area contributed by atoms with Crippen LogP contribution in [0, 0.1) is 5.92 Å². The molecule has 2 heteroatoms. The highest BCUT2D eigenvalue weighted by Gasteiger charge is 2.25. The predicted molar refractivity (Wildman–Crippen MR) is 91.9 cm³/mol. The van der Waals surface area contributed by atoms with Crippen LogP contribution < -0.4 is 5.32 Å². The molecule has 21 heavy (non-hydrogen) atoms. The number of aryl methyl sites for hydroxylation is 1. The maximum Gasteiger partial charge on any atom is 0.0201 e. The molecule has 1 aromatic rings. The van der Waals surface area contributed by atoms with Crippen LogP contribution in [0.1, 0.15) is 50.7 Å². The standard InChI is InChI=1S/C19H32N2/c1-5-16-6-8-17(9-7-16)18-12-19(14-21(4)13-18)20-11-10-15(2)3/h6-9,15,18-20H,5,10-14H2,1-4H3. The normalized spacial score (nSPS) is 23.7. The van der Waals surface area contributed by atoms with Crippen molar-refractivity contribution in [3.63, 3.8) is 0 Å². The molecule has 0 aliphatic carbocycles. The van der Waals surface area contributed by atoms with Crippen molar-refractivity contribution in [2.75, 3.05) is 26.7 Å². The highest BCUT2D eigenvalue weighted by molar-refractivity contribution is 5.26. The zero-order valence-electron chi connectivity index (χ0n) is 14.2. The summed E-state index contributed by atoms with van der Waals surface area (Å²) in [5.74, 6) is 1.46. The summed E-state index contributed by atoms with van der Waals surface area (Å²) in [6.07, 6.45) is 3.67. The van der Waals surface area contributed by atoms with E-state index in [-0.39, 0.29) is 0 Å². The fraction of sp³-hybridized carbons (Fsp3) is 0.684. The second kappa shape index (κ2) is 7.95. The third-order valence-corrected chi connectivity index (χ3v) is 4.65. The van der Waals surface area contributed by atoms with Gasteiger partial charge in [0.25, 0.3) is 0 Å². The van der Waals surface area contributed by atoms with Crippen molar-refractivity contribution >= 4 is 0 Å². The third kappa shape index (κ3) is 5.12. The molecule has 118 valence electrons. The summed E-state index contributed by atoms with van der Waals surface area (Å²) in [7, 11) is 2.25. The van der Waals surface area contributed by atoms with Crippen molar-refractivity contribution in [1.29, 1.82) is 0 Å². The maximum atomic E-state index is 3.76. The number of piperidine rings is 1. The Morgan fingerprint density at radius 3 is 2.52 bits per heavy atom. The zero-order valence-corrected chi connectivity index (χ0v) is 14.2. The molecule has 2 nitrogen and oxygen atoms in total. The Bertz CT molecular complexity index is 410. The van der Waals surface area contributed by atoms with Crippen LogP contribution in [-0.2, 0) is 6.42 Å². The SMILES string of the molecule is CCc1ccc(C2CC(NCCC(C)C)CN(C)C2)cc1. The monoisotopic (exact) mass is 288 g/mol. The summed E-state index contributed by atoms with van der Waals surface area (Å²) in [5.41, 5.74) is 2.95. The number of hydrogen-bond acceptors (Lipinski definition) is 2. The molecule has 0 spiro atoms. The molecule has 2 unspecified atom stereocenters. The first-order valence-corrected chi connectivity index (χ1v) is 8.59. The van der Waals surface area contributed by atoms with Crippen LogP contribution in [0.25, 0.3) is 0 Å². The highest BCUT2D eigenvalue weighted by atomic mass is 15.1. The van der Waals surface area contributed by atoms with Gasteiger partial charge in [-0.2, -0.15) is 0 Å². The smallest absolute Gasteiger partial charge is 0.0201 e. The molecular weight excluding hydrogens is 256 g/mol. The minimum absolute atomic E-state index is 0.637. The van der Waals surface area contributed by atoms with Crippen LogP contribution in [0.4, 0.5) is 0 Å². The number of hydrogen-bond donors (Lipinski definition) is 1. The summed E-state index contributed by atoms with van der Waals surface area (Å²) in [4.78, 5) is 2.48. The van der Waals surface area contributed by atoms with Crippen molar-refractivity contribution in [1.82, 2.24) is 10.2 Å². The lowest BCUT2D eigenvalue weighted by atomic mass is 9.87. The van der Waals surface area contributed by atoms with E-state index in [1.807, 2.05) is 0 Å². The minimum atomic E-state index is 0.637. The minimum Gasteiger partial charge on any atom is -0.313 e. The molecule has 1 fully saturated rings. The van der Waals surface area contributed by atoms with Crippen molar-refractivity contribution in [3.05, 3.63) is 35.4 Å². The Kier molecular flexibility index (Phi) is 6.25. The van der Waals surface area contributed by atoms with Gasteiger partial charge in [-0.1, -0.05) is 45.0 Å². The Hall–Kier alpha value is -0.860. The first-order valence-electron chi connectivity index (χ1n) is 8.59. The first-order chi connectivity index (χ1) is 10.1. The molecule has 2 rings (SSSR count). The molecule has 2 atom stereocenters. The fourth-order valence-corrected chi connectivity index (χ4v) is 3.31. The molecule has 0 saturated carbocycles. The molecule has 1 aliphatic heterocycles. The lowest BCUT2D eigenvalue weighted by molar-refractivity contribution is 0.203. The number of nitrogens with zero attached hydrogens (tertiary/aromatic N) is 1. The van der Waals surface area contributed by atoms with Gasteiger partial charge in [-0.15, -0.1) is 0 Å². The van der Waals surface area contributed by atoms with Crippen molar-refractivity contribution in [2.24, 2.45) is 5.92 Å². The van der Waals surface area contributed by atoms with Gasteiger partial charge in [-0.05, 0) is 55.8 Å². The molecule has 1 heterocycles. The van der Waals surface area contributed by atoms with Gasteiger partial charge in [0.2, 0.25) is 0 Å². The fourth-order valence-electron chi connectivity index (χ4n) is 3.31. The number of benzene rings is 1. The lowest BCUT2D eigenvalue weighted by Gasteiger charge is -2.36. The van der Waals surface area contributed by atoms with Gasteiger partial charge in [0, 0.05) is 19.1 Å². The first kappa shape index (κ1) is 16.5. The Labute approximate surface area is 130 Å². The molecule has 0 aromatic heterocycles. The van der Waals surface area contributed by atoms with Gasteiger partial charge in [-0.3, -0.25) is 0 Å². The van der Waals surface area contributed by atoms with Gasteiger partial charge in [0.15, 0.2) is 0 Å². The molecule has 1 aliphatic rings. The average molecular weight is 288 g/mol. The van der Waals surface area contributed by atoms with E-state index in [1.165, 1.54) is 37.1 Å². The zero-order chi connectivity index (χ0) is 15.2. The van der Waals surface area contributed by atoms with E-state index < -0.39 is 0 Å². The van der Waals surface area contributed by atoms with Gasteiger partial charge < -0.3 is 10.2 Å². The number of nitrogens with one attached hydrogen (secondary N) is 1. The molecule has 0 bridgehead atoms. The quantitative estimate of drug-likeness (QED) is 0.859. The lowest BCUT2D eigenvalue weighted by Crippen LogP contribution is -2.47. The summed E-state index contributed by atoms with van der Waals surface area (Å²) in [6, 6.07) is 9.91. The summed E-state index contributed by atoms with van der Waals surface area (Å²) in [6.45, 7) is 10.3. The van der Waals surface area contributed by atoms with E-state index >= 15 is 0 Å². The van der Waals surface area contributed by atoms with Crippen molar-refractivity contribution < 1.29 is 0 Å². The van der Waals surface area contributed by atoms with Crippen LogP contribution in [0.2, 0.25) is 0 Å². The van der Waals surface area contributed by atoms with Gasteiger partial charge in [0.1, 0.15) is 0 Å². The average Bonchev–Trinajstić information content (AvgIpc) is 2.46. The van der Waals surface area contributed by atoms with Crippen LogP contribution in [0.5, 0.6) is 0 Å². The molecule has 0 amide bonds. The second-order valence-corrected chi connectivity index (χ2v) is 7.08. The number of likely N-dealkylation sites (tertiary alicyclic amines) is 1. The van der Waals surface area contributed by atoms with Crippen molar-refractivity contribution in [2.45, 2.75) is 52.0 Å². The summed E-state index contributed by atoms with van der Waals surface area (Å²) < 4.78 is 0. The topological polar surface area (TPSA) is 15.3 Å². The van der Waals surface area contributed by atoms with Crippen molar-refractivity contribution in [3.8, 4) is 0 Å². The van der Waals surface area contributed by atoms with E-state index in [9.17, 15) is 0 Å². The Morgan fingerprint density at radius 1 is 1.19 bits per heavy atom. The van der Waals surface area contributed by atoms with E-state index in [0.717, 1.165) is 18.9 Å². The van der Waals surface area contributed by atoms with Gasteiger partial charge >= 0.3 is 0 Å². The Balaban J connectivity index is 1.92. The van der Waals surface area contributed by atoms with Crippen LogP contribution in [-0.4, -0.2) is 37.6 Å². The number of likely N-dealkylation sites (N-methyl/N-ethyl adjacent to an activating group) is 1. The highest BCUT2D eigenvalue weighted by Crippen LogP contribution is 2.27. The molecular formula is C19H32N2. The molecule has 1 aromatic carbocycles. The molecule has 1 N–H and O–H groups in total. The van der Waals surface area contributed by atoms with Gasteiger partial charge in [-0.25, -0.2) is 0 Å². The van der Waals surface area contributed by atoms with E-state index in [0.29, 0.717) is 12.0 Å². The summed E-state index contributed by atoms with van der Waals surface area (Å²) >= 11 is 0. The Morgan fingerprint density at radius 2 is 1.90 bits per heavy atom. The van der Waals surface area contributed by atoms with E-state index in [1.54, 1.807) is 0 Å². The van der Waals surface area contributed by atoms with Gasteiger partial charge in [0.05, 0.1) is 0 Å². The molecule has 0 radical (unpaired) electrons. The number of rotatable bonds is 6.